The Hall–Kier alpha value is -4.04. The Morgan fingerprint density at radius 1 is 1.03 bits per heavy atom. The lowest BCUT2D eigenvalue weighted by atomic mass is 10.0. The average Bonchev–Trinajstić information content (AvgIpc) is 3.42. The molecule has 158 valence electrons. The molecule has 0 saturated heterocycles. The van der Waals surface area contributed by atoms with Crippen molar-refractivity contribution in [3.8, 4) is 28.3 Å². The third kappa shape index (κ3) is 3.12. The molecule has 4 N–H and O–H groups in total. The van der Waals surface area contributed by atoms with E-state index in [-0.39, 0.29) is 5.75 Å². The molecule has 0 saturated carbocycles. The number of rotatable bonds is 3. The standard InChI is InChI=1S/C24H19FN6O/c25-15-7-14(8-16(32)9-15)18-11-27-12-22-17(18)10-21(28-22)24-23-20(30-31-24)2-1-19(29-23)13-3-5-26-6-4-13/h1-3,7-12,26,28,32H,4-6H2,(H,30,31). The summed E-state index contributed by atoms with van der Waals surface area (Å²) in [6.45, 7) is 1.79. The summed E-state index contributed by atoms with van der Waals surface area (Å²) in [7, 11) is 0. The monoisotopic (exact) mass is 426 g/mol. The smallest absolute Gasteiger partial charge is 0.135 e. The highest BCUT2D eigenvalue weighted by molar-refractivity contribution is 6.00. The predicted octanol–water partition coefficient (Wildman–Crippen LogP) is 4.39. The normalized spacial score (nSPS) is 14.2. The highest BCUT2D eigenvalue weighted by Crippen LogP contribution is 2.34. The van der Waals surface area contributed by atoms with E-state index in [0.717, 1.165) is 58.9 Å². The average molecular weight is 426 g/mol. The fourth-order valence-corrected chi connectivity index (χ4v) is 4.26. The molecule has 1 aliphatic heterocycles. The number of aromatic amines is 2. The Bertz CT molecular complexity index is 1500. The lowest BCUT2D eigenvalue weighted by molar-refractivity contribution is 0.469. The Labute approximate surface area is 182 Å². The van der Waals surface area contributed by atoms with Gasteiger partial charge in [-0.1, -0.05) is 6.08 Å². The highest BCUT2D eigenvalue weighted by Gasteiger charge is 2.17. The molecule has 0 aliphatic carbocycles. The van der Waals surface area contributed by atoms with Crippen LogP contribution in [0.1, 0.15) is 12.1 Å². The predicted molar refractivity (Wildman–Crippen MR) is 121 cm³/mol. The van der Waals surface area contributed by atoms with E-state index in [0.29, 0.717) is 16.8 Å². The Morgan fingerprint density at radius 2 is 1.97 bits per heavy atom. The van der Waals surface area contributed by atoms with Crippen LogP contribution in [0.25, 0.3) is 50.0 Å². The van der Waals surface area contributed by atoms with Crippen molar-refractivity contribution in [1.29, 1.82) is 0 Å². The number of phenolic OH excluding ortho intramolecular Hbond substituents is 1. The highest BCUT2D eigenvalue weighted by atomic mass is 19.1. The van der Waals surface area contributed by atoms with E-state index < -0.39 is 5.82 Å². The van der Waals surface area contributed by atoms with Gasteiger partial charge in [0.2, 0.25) is 0 Å². The lowest BCUT2D eigenvalue weighted by Gasteiger charge is -2.13. The van der Waals surface area contributed by atoms with Crippen LogP contribution in [0.3, 0.4) is 0 Å². The number of H-pyrrole nitrogens is 2. The van der Waals surface area contributed by atoms with Crippen LogP contribution >= 0.6 is 0 Å². The number of hydrogen-bond donors (Lipinski definition) is 4. The molecular formula is C24H19FN6O. The van der Waals surface area contributed by atoms with Crippen molar-refractivity contribution < 1.29 is 9.50 Å². The molecule has 1 aromatic carbocycles. The zero-order chi connectivity index (χ0) is 21.7. The van der Waals surface area contributed by atoms with Crippen LogP contribution in [0.5, 0.6) is 5.75 Å². The van der Waals surface area contributed by atoms with E-state index in [4.69, 9.17) is 4.98 Å². The molecular weight excluding hydrogens is 407 g/mol. The second-order valence-corrected chi connectivity index (χ2v) is 7.88. The molecule has 0 bridgehead atoms. The Kier molecular flexibility index (Phi) is 4.26. The number of aromatic hydroxyl groups is 1. The SMILES string of the molecule is Oc1cc(F)cc(-c2cncc3[nH]c(-c4n[nH]c5ccc(C6=CCNCC6)nc45)cc23)c1. The third-order valence-corrected chi connectivity index (χ3v) is 5.79. The van der Waals surface area contributed by atoms with Crippen molar-refractivity contribution in [1.82, 2.24) is 30.5 Å². The van der Waals surface area contributed by atoms with Gasteiger partial charge in [-0.05, 0) is 54.4 Å². The number of phenols is 1. The molecule has 0 spiro atoms. The van der Waals surface area contributed by atoms with Crippen LogP contribution in [0.2, 0.25) is 0 Å². The van der Waals surface area contributed by atoms with E-state index >= 15 is 0 Å². The number of aromatic nitrogens is 5. The molecule has 1 aliphatic rings. The van der Waals surface area contributed by atoms with Crippen LogP contribution in [0, 0.1) is 5.82 Å². The van der Waals surface area contributed by atoms with Gasteiger partial charge in [-0.3, -0.25) is 10.1 Å². The van der Waals surface area contributed by atoms with Gasteiger partial charge in [0.05, 0.1) is 28.6 Å². The fraction of sp³-hybridized carbons (Fsp3) is 0.125. The van der Waals surface area contributed by atoms with Crippen molar-refractivity contribution in [3.63, 3.8) is 0 Å². The summed E-state index contributed by atoms with van der Waals surface area (Å²) in [5.41, 5.74) is 7.36. The molecule has 0 atom stereocenters. The summed E-state index contributed by atoms with van der Waals surface area (Å²) in [6.07, 6.45) is 6.49. The number of nitrogens with zero attached hydrogens (tertiary/aromatic N) is 3. The minimum Gasteiger partial charge on any atom is -0.508 e. The molecule has 0 unspecified atom stereocenters. The first-order valence-electron chi connectivity index (χ1n) is 10.4. The maximum atomic E-state index is 13.9. The summed E-state index contributed by atoms with van der Waals surface area (Å²) in [5, 5.41) is 21.6. The van der Waals surface area contributed by atoms with Crippen molar-refractivity contribution in [2.45, 2.75) is 6.42 Å². The van der Waals surface area contributed by atoms with E-state index in [2.05, 4.69) is 31.6 Å². The van der Waals surface area contributed by atoms with Gasteiger partial charge in [0.1, 0.15) is 22.8 Å². The molecule has 5 aromatic rings. The van der Waals surface area contributed by atoms with Crippen LogP contribution in [-0.4, -0.2) is 43.3 Å². The van der Waals surface area contributed by atoms with Gasteiger partial charge in [-0.25, -0.2) is 9.37 Å². The van der Waals surface area contributed by atoms with E-state index in [1.54, 1.807) is 12.4 Å². The molecule has 32 heavy (non-hydrogen) atoms. The Balaban J connectivity index is 1.49. The van der Waals surface area contributed by atoms with E-state index in [9.17, 15) is 9.50 Å². The minimum absolute atomic E-state index is 0.130. The van der Waals surface area contributed by atoms with Gasteiger partial charge in [0.15, 0.2) is 0 Å². The fourth-order valence-electron chi connectivity index (χ4n) is 4.26. The first-order valence-corrected chi connectivity index (χ1v) is 10.4. The van der Waals surface area contributed by atoms with Crippen LogP contribution < -0.4 is 5.32 Å². The number of pyridine rings is 2. The van der Waals surface area contributed by atoms with Crippen LogP contribution in [0.4, 0.5) is 4.39 Å². The molecule has 4 aromatic heterocycles. The summed E-state index contributed by atoms with van der Waals surface area (Å²) in [4.78, 5) is 12.6. The van der Waals surface area contributed by atoms with Gasteiger partial charge >= 0.3 is 0 Å². The molecule has 5 heterocycles. The van der Waals surface area contributed by atoms with Gasteiger partial charge < -0.3 is 15.4 Å². The maximum Gasteiger partial charge on any atom is 0.135 e. The minimum atomic E-state index is -0.505. The van der Waals surface area contributed by atoms with E-state index in [1.807, 2.05) is 18.2 Å². The summed E-state index contributed by atoms with van der Waals surface area (Å²) in [5.74, 6) is -0.634. The van der Waals surface area contributed by atoms with Crippen molar-refractivity contribution in [3.05, 3.63) is 66.4 Å². The largest absolute Gasteiger partial charge is 0.508 e. The first kappa shape index (κ1) is 18.7. The number of nitrogens with one attached hydrogen (secondary N) is 3. The molecule has 7 nitrogen and oxygen atoms in total. The van der Waals surface area contributed by atoms with Gasteiger partial charge in [0, 0.05) is 29.8 Å². The second-order valence-electron chi connectivity index (χ2n) is 7.88. The van der Waals surface area contributed by atoms with Gasteiger partial charge in [0.25, 0.3) is 0 Å². The van der Waals surface area contributed by atoms with E-state index in [1.165, 1.54) is 17.7 Å². The zero-order valence-corrected chi connectivity index (χ0v) is 17.0. The first-order chi connectivity index (χ1) is 15.7. The Morgan fingerprint density at radius 3 is 2.81 bits per heavy atom. The van der Waals surface area contributed by atoms with Crippen molar-refractivity contribution >= 4 is 27.5 Å². The van der Waals surface area contributed by atoms with Gasteiger partial charge in [-0.15, -0.1) is 0 Å². The van der Waals surface area contributed by atoms with Gasteiger partial charge in [-0.2, -0.15) is 5.10 Å². The zero-order valence-electron chi connectivity index (χ0n) is 17.0. The summed E-state index contributed by atoms with van der Waals surface area (Å²) >= 11 is 0. The number of halogens is 1. The molecule has 0 radical (unpaired) electrons. The summed E-state index contributed by atoms with van der Waals surface area (Å²) in [6, 6.07) is 9.97. The topological polar surface area (TPSA) is 103 Å². The van der Waals surface area contributed by atoms with Crippen LogP contribution in [-0.2, 0) is 0 Å². The number of hydrogen-bond acceptors (Lipinski definition) is 5. The second kappa shape index (κ2) is 7.28. The molecule has 6 rings (SSSR count). The lowest BCUT2D eigenvalue weighted by Crippen LogP contribution is -2.20. The third-order valence-electron chi connectivity index (χ3n) is 5.79. The van der Waals surface area contributed by atoms with Crippen molar-refractivity contribution in [2.75, 3.05) is 13.1 Å². The number of fused-ring (bicyclic) bond motifs is 2. The molecule has 0 amide bonds. The quantitative estimate of drug-likeness (QED) is 0.343. The summed E-state index contributed by atoms with van der Waals surface area (Å²) < 4.78 is 13.9. The van der Waals surface area contributed by atoms with Crippen LogP contribution in [0.15, 0.2) is 54.9 Å². The molecule has 0 fully saturated rings. The maximum absolute atomic E-state index is 13.9. The van der Waals surface area contributed by atoms with Crippen molar-refractivity contribution in [2.24, 2.45) is 0 Å². The molecule has 8 heteroatoms. The number of benzene rings is 1.